The first-order chi connectivity index (χ1) is 11.6. The Balaban J connectivity index is 2.61. The zero-order valence-corrected chi connectivity index (χ0v) is 13.9. The second-order valence-corrected chi connectivity index (χ2v) is 5.16. The van der Waals surface area contributed by atoms with Gasteiger partial charge in [0.15, 0.2) is 5.78 Å². The average molecular weight is 332 g/mol. The summed E-state index contributed by atoms with van der Waals surface area (Å²) in [5.41, 5.74) is 5.93. The van der Waals surface area contributed by atoms with Crippen LogP contribution in [0.15, 0.2) is 42.5 Å². The van der Waals surface area contributed by atoms with Crippen LogP contribution in [0.25, 0.3) is 0 Å². The van der Waals surface area contributed by atoms with Gasteiger partial charge >= 0.3 is 5.97 Å². The van der Waals surface area contributed by atoms with Crippen LogP contribution < -0.4 is 11.1 Å². The van der Waals surface area contributed by atoms with Crippen molar-refractivity contribution in [2.45, 2.75) is 32.2 Å². The Bertz CT molecular complexity index is 570. The van der Waals surface area contributed by atoms with Crippen molar-refractivity contribution < 1.29 is 19.1 Å². The van der Waals surface area contributed by atoms with Crippen LogP contribution in [0, 0.1) is 0 Å². The van der Waals surface area contributed by atoms with Gasteiger partial charge < -0.3 is 15.8 Å². The molecule has 6 nitrogen and oxygen atoms in total. The van der Waals surface area contributed by atoms with E-state index in [-0.39, 0.29) is 12.4 Å². The molecule has 0 radical (unpaired) electrons. The molecule has 0 aliphatic rings. The summed E-state index contributed by atoms with van der Waals surface area (Å²) >= 11 is 0. The number of carbonyl (C=O) groups excluding carboxylic acids is 3. The number of nitrogens with one attached hydrogen (secondary N) is 1. The number of hydrogen-bond donors (Lipinski definition) is 2. The number of amides is 1. The quantitative estimate of drug-likeness (QED) is 0.293. The molecular formula is C18H24N2O4. The highest BCUT2D eigenvalue weighted by Crippen LogP contribution is 2.04. The lowest BCUT2D eigenvalue weighted by Crippen LogP contribution is -2.41. The summed E-state index contributed by atoms with van der Waals surface area (Å²) in [4.78, 5) is 35.7. The number of unbranched alkanes of at least 4 members (excludes halogenated alkanes) is 1. The maximum Gasteiger partial charge on any atom is 0.328 e. The monoisotopic (exact) mass is 332 g/mol. The molecule has 0 fully saturated rings. The summed E-state index contributed by atoms with van der Waals surface area (Å²) in [7, 11) is 0. The lowest BCUT2D eigenvalue weighted by atomic mass is 10.1. The Labute approximate surface area is 142 Å². The fourth-order valence-electron chi connectivity index (χ4n) is 2.05. The third-order valence-corrected chi connectivity index (χ3v) is 3.28. The van der Waals surface area contributed by atoms with E-state index < -0.39 is 17.9 Å². The molecule has 0 saturated carbocycles. The van der Waals surface area contributed by atoms with Gasteiger partial charge in [-0.25, -0.2) is 4.79 Å². The van der Waals surface area contributed by atoms with Crippen LogP contribution in [0.4, 0.5) is 0 Å². The summed E-state index contributed by atoms with van der Waals surface area (Å²) in [6.07, 6.45) is 4.22. The third kappa shape index (κ3) is 7.19. The van der Waals surface area contributed by atoms with Crippen molar-refractivity contribution in [3.8, 4) is 0 Å². The first-order valence-corrected chi connectivity index (χ1v) is 8.03. The van der Waals surface area contributed by atoms with Crippen molar-refractivity contribution in [3.63, 3.8) is 0 Å². The Kier molecular flexibility index (Phi) is 9.07. The molecule has 1 aromatic rings. The Morgan fingerprint density at radius 1 is 1.17 bits per heavy atom. The highest BCUT2D eigenvalue weighted by molar-refractivity contribution is 6.07. The number of carbonyl (C=O) groups is 3. The van der Waals surface area contributed by atoms with Gasteiger partial charge in [-0.2, -0.15) is 0 Å². The Hall–Kier alpha value is -2.47. The number of allylic oxidation sites excluding steroid dienone is 1. The zero-order chi connectivity index (χ0) is 17.8. The highest BCUT2D eigenvalue weighted by Gasteiger charge is 2.20. The van der Waals surface area contributed by atoms with E-state index in [1.165, 1.54) is 6.08 Å². The van der Waals surface area contributed by atoms with Crippen molar-refractivity contribution in [1.82, 2.24) is 5.32 Å². The highest BCUT2D eigenvalue weighted by atomic mass is 16.5. The maximum atomic E-state index is 11.9. The van der Waals surface area contributed by atoms with Gasteiger partial charge in [0.25, 0.3) is 0 Å². The topological polar surface area (TPSA) is 98.5 Å². The van der Waals surface area contributed by atoms with E-state index in [1.807, 2.05) is 0 Å². The van der Waals surface area contributed by atoms with Crippen molar-refractivity contribution in [1.29, 1.82) is 0 Å². The van der Waals surface area contributed by atoms with Gasteiger partial charge in [-0.1, -0.05) is 30.3 Å². The lowest BCUT2D eigenvalue weighted by molar-refractivity contribution is -0.147. The predicted octanol–water partition coefficient (Wildman–Crippen LogP) is 1.60. The fraction of sp³-hybridized carbons (Fsp3) is 0.389. The minimum absolute atomic E-state index is 0.241. The van der Waals surface area contributed by atoms with Gasteiger partial charge in [-0.3, -0.25) is 9.59 Å². The maximum absolute atomic E-state index is 11.9. The van der Waals surface area contributed by atoms with E-state index in [0.29, 0.717) is 24.9 Å². The number of rotatable bonds is 10. The van der Waals surface area contributed by atoms with Gasteiger partial charge in [-0.05, 0) is 38.8 Å². The van der Waals surface area contributed by atoms with Gasteiger partial charge in [0.1, 0.15) is 6.04 Å². The summed E-state index contributed by atoms with van der Waals surface area (Å²) in [5.74, 6) is -1.27. The van der Waals surface area contributed by atoms with Crippen LogP contribution in [0.1, 0.15) is 36.5 Å². The first-order valence-electron chi connectivity index (χ1n) is 8.03. The molecule has 24 heavy (non-hydrogen) atoms. The first kappa shape index (κ1) is 19.6. The SMILES string of the molecule is CCOC(=O)[C@H](CCCCN)NC(=O)C=CC(=O)c1ccccc1. The Morgan fingerprint density at radius 3 is 2.50 bits per heavy atom. The molecule has 0 saturated heterocycles. The number of nitrogens with two attached hydrogens (primary N) is 1. The zero-order valence-electron chi connectivity index (χ0n) is 13.9. The largest absolute Gasteiger partial charge is 0.464 e. The molecule has 1 amide bonds. The van der Waals surface area contributed by atoms with Crippen molar-refractivity contribution in [2.24, 2.45) is 5.73 Å². The molecule has 0 unspecified atom stereocenters. The summed E-state index contributed by atoms with van der Waals surface area (Å²) in [6, 6.07) is 7.89. The molecule has 1 atom stereocenters. The third-order valence-electron chi connectivity index (χ3n) is 3.28. The average Bonchev–Trinajstić information content (AvgIpc) is 2.60. The lowest BCUT2D eigenvalue weighted by Gasteiger charge is -2.16. The molecular weight excluding hydrogens is 308 g/mol. The van der Waals surface area contributed by atoms with E-state index in [2.05, 4.69) is 5.32 Å². The van der Waals surface area contributed by atoms with Crippen molar-refractivity contribution in [2.75, 3.05) is 13.2 Å². The molecule has 3 N–H and O–H groups in total. The van der Waals surface area contributed by atoms with Crippen molar-refractivity contribution in [3.05, 3.63) is 48.0 Å². The van der Waals surface area contributed by atoms with Crippen LogP contribution in [-0.4, -0.2) is 36.9 Å². The molecule has 6 heteroatoms. The summed E-state index contributed by atoms with van der Waals surface area (Å²) in [6.45, 7) is 2.47. The van der Waals surface area contributed by atoms with E-state index in [1.54, 1.807) is 37.3 Å². The van der Waals surface area contributed by atoms with E-state index >= 15 is 0 Å². The van der Waals surface area contributed by atoms with Crippen LogP contribution >= 0.6 is 0 Å². The molecule has 0 bridgehead atoms. The number of ketones is 1. The molecule has 0 spiro atoms. The van der Waals surface area contributed by atoms with Crippen LogP contribution in [0.5, 0.6) is 0 Å². The van der Waals surface area contributed by atoms with Gasteiger partial charge in [0.2, 0.25) is 5.91 Å². The van der Waals surface area contributed by atoms with Gasteiger partial charge in [0.05, 0.1) is 6.61 Å². The molecule has 1 aromatic carbocycles. The van der Waals surface area contributed by atoms with Crippen LogP contribution in [0.2, 0.25) is 0 Å². The molecule has 0 aromatic heterocycles. The number of ether oxygens (including phenoxy) is 1. The smallest absolute Gasteiger partial charge is 0.328 e. The van der Waals surface area contributed by atoms with Crippen LogP contribution in [-0.2, 0) is 14.3 Å². The minimum Gasteiger partial charge on any atom is -0.464 e. The normalized spacial score (nSPS) is 11.9. The molecule has 0 heterocycles. The van der Waals surface area contributed by atoms with Gasteiger partial charge in [0, 0.05) is 11.6 Å². The standard InChI is InChI=1S/C18H24N2O4/c1-2-24-18(23)15(10-6-7-13-19)20-17(22)12-11-16(21)14-8-4-3-5-9-14/h3-5,8-9,11-12,15H,2,6-7,10,13,19H2,1H3,(H,20,22)/t15-/m0/s1. The molecule has 0 aliphatic heterocycles. The Morgan fingerprint density at radius 2 is 1.88 bits per heavy atom. The van der Waals surface area contributed by atoms with E-state index in [0.717, 1.165) is 12.5 Å². The number of esters is 1. The fourth-order valence-corrected chi connectivity index (χ4v) is 2.05. The van der Waals surface area contributed by atoms with E-state index in [4.69, 9.17) is 10.5 Å². The van der Waals surface area contributed by atoms with Crippen molar-refractivity contribution >= 4 is 17.7 Å². The predicted molar refractivity (Wildman–Crippen MR) is 91.4 cm³/mol. The second kappa shape index (κ2) is 11.1. The van der Waals surface area contributed by atoms with Gasteiger partial charge in [-0.15, -0.1) is 0 Å². The summed E-state index contributed by atoms with van der Waals surface area (Å²) in [5, 5.41) is 2.57. The van der Waals surface area contributed by atoms with E-state index in [9.17, 15) is 14.4 Å². The number of hydrogen-bond acceptors (Lipinski definition) is 5. The molecule has 130 valence electrons. The second-order valence-electron chi connectivity index (χ2n) is 5.16. The molecule has 1 rings (SSSR count). The number of benzene rings is 1. The summed E-state index contributed by atoms with van der Waals surface area (Å²) < 4.78 is 4.95. The minimum atomic E-state index is -0.736. The van der Waals surface area contributed by atoms with Crippen LogP contribution in [0.3, 0.4) is 0 Å². The molecule has 0 aliphatic carbocycles.